The highest BCUT2D eigenvalue weighted by atomic mass is 16.5. The van der Waals surface area contributed by atoms with Crippen molar-refractivity contribution in [1.82, 2.24) is 25.5 Å². The molecule has 1 aromatic carbocycles. The molecule has 0 bridgehead atoms. The quantitative estimate of drug-likeness (QED) is 0.875. The molecule has 2 aromatic rings. The number of carbonyl (C=O) groups excluding carboxylic acids is 1. The first-order chi connectivity index (χ1) is 11.1. The molecule has 1 N–H and O–H groups in total. The number of methoxy groups -OCH3 is 1. The third-order valence-electron chi connectivity index (χ3n) is 4.36. The van der Waals surface area contributed by atoms with Crippen molar-refractivity contribution in [3.05, 3.63) is 35.7 Å². The molecule has 0 unspecified atom stereocenters. The van der Waals surface area contributed by atoms with Crippen molar-refractivity contribution < 1.29 is 9.53 Å². The Balaban J connectivity index is 1.59. The zero-order chi connectivity index (χ0) is 16.4. The fourth-order valence-electron chi connectivity index (χ4n) is 2.95. The summed E-state index contributed by atoms with van der Waals surface area (Å²) in [5.41, 5.74) is 1.17. The van der Waals surface area contributed by atoms with Crippen molar-refractivity contribution in [2.24, 2.45) is 5.92 Å². The lowest BCUT2D eigenvalue weighted by atomic mass is 10.1. The molecule has 1 heterocycles. The minimum absolute atomic E-state index is 0.0525. The van der Waals surface area contributed by atoms with Gasteiger partial charge in [0.1, 0.15) is 5.75 Å². The van der Waals surface area contributed by atoms with Crippen LogP contribution in [0.1, 0.15) is 36.6 Å². The first kappa shape index (κ1) is 15.5. The van der Waals surface area contributed by atoms with Gasteiger partial charge in [0.15, 0.2) is 5.82 Å². The number of amides is 1. The average Bonchev–Trinajstić information content (AvgIpc) is 3.18. The van der Waals surface area contributed by atoms with Crippen molar-refractivity contribution in [2.45, 2.75) is 25.2 Å². The SMILES string of the molecule is COc1cccc([C@@H]2C[C@@H]2C(=O)N(C)C[C@H](C)c2nn[nH]n2)c1. The van der Waals surface area contributed by atoms with Crippen LogP contribution in [0.15, 0.2) is 24.3 Å². The second kappa shape index (κ2) is 6.36. The highest BCUT2D eigenvalue weighted by Crippen LogP contribution is 2.49. The molecule has 7 nitrogen and oxygen atoms in total. The summed E-state index contributed by atoms with van der Waals surface area (Å²) in [5, 5.41) is 13.9. The topological polar surface area (TPSA) is 84.0 Å². The molecular weight excluding hydrogens is 294 g/mol. The minimum Gasteiger partial charge on any atom is -0.497 e. The second-order valence-corrected chi connectivity index (χ2v) is 6.12. The standard InChI is InChI=1S/C16H21N5O2/c1-10(15-17-19-20-18-15)9-21(2)16(22)14-8-13(14)11-5-4-6-12(7-11)23-3/h4-7,10,13-14H,8-9H2,1-3H3,(H,17,18,19,20)/t10-,13-,14-/m0/s1. The van der Waals surface area contributed by atoms with E-state index in [9.17, 15) is 4.79 Å². The average molecular weight is 315 g/mol. The number of hydrogen-bond acceptors (Lipinski definition) is 5. The molecule has 1 aromatic heterocycles. The van der Waals surface area contributed by atoms with Crippen LogP contribution in [0.25, 0.3) is 0 Å². The largest absolute Gasteiger partial charge is 0.497 e. The van der Waals surface area contributed by atoms with Gasteiger partial charge >= 0.3 is 0 Å². The summed E-state index contributed by atoms with van der Waals surface area (Å²) in [6, 6.07) is 7.96. The lowest BCUT2D eigenvalue weighted by molar-refractivity contribution is -0.131. The van der Waals surface area contributed by atoms with Crippen molar-refractivity contribution in [3.63, 3.8) is 0 Å². The van der Waals surface area contributed by atoms with Gasteiger partial charge in [0.05, 0.1) is 7.11 Å². The van der Waals surface area contributed by atoms with Crippen LogP contribution in [0.3, 0.4) is 0 Å². The number of nitrogens with zero attached hydrogens (tertiary/aromatic N) is 4. The Hall–Kier alpha value is -2.44. The number of rotatable bonds is 6. The number of H-pyrrole nitrogens is 1. The van der Waals surface area contributed by atoms with Crippen LogP contribution in [0, 0.1) is 5.92 Å². The number of carbonyl (C=O) groups is 1. The van der Waals surface area contributed by atoms with Crippen LogP contribution in [0.5, 0.6) is 5.75 Å². The maximum absolute atomic E-state index is 12.6. The fraction of sp³-hybridized carbons (Fsp3) is 0.500. The van der Waals surface area contributed by atoms with Crippen molar-refractivity contribution in [1.29, 1.82) is 0 Å². The summed E-state index contributed by atoms with van der Waals surface area (Å²) in [4.78, 5) is 14.3. The molecule has 1 amide bonds. The van der Waals surface area contributed by atoms with E-state index < -0.39 is 0 Å². The van der Waals surface area contributed by atoms with E-state index in [1.165, 1.54) is 5.56 Å². The summed E-state index contributed by atoms with van der Waals surface area (Å²) in [6.07, 6.45) is 0.896. The third-order valence-corrected chi connectivity index (χ3v) is 4.36. The Bertz CT molecular complexity index is 673. The number of tetrazole rings is 1. The maximum atomic E-state index is 12.6. The van der Waals surface area contributed by atoms with E-state index >= 15 is 0 Å². The van der Waals surface area contributed by atoms with E-state index in [0.29, 0.717) is 18.3 Å². The maximum Gasteiger partial charge on any atom is 0.226 e. The normalized spacial score (nSPS) is 20.8. The number of ether oxygens (including phenoxy) is 1. The molecule has 0 saturated heterocycles. The molecule has 0 aliphatic heterocycles. The van der Waals surface area contributed by atoms with Crippen molar-refractivity contribution in [2.75, 3.05) is 20.7 Å². The van der Waals surface area contributed by atoms with Crippen LogP contribution in [0.4, 0.5) is 0 Å². The van der Waals surface area contributed by atoms with Gasteiger partial charge in [0.2, 0.25) is 5.91 Å². The number of nitrogens with one attached hydrogen (secondary N) is 1. The summed E-state index contributed by atoms with van der Waals surface area (Å²) in [7, 11) is 3.49. The van der Waals surface area contributed by atoms with Gasteiger partial charge < -0.3 is 9.64 Å². The highest BCUT2D eigenvalue weighted by Gasteiger charge is 2.45. The third kappa shape index (κ3) is 3.33. The zero-order valence-electron chi connectivity index (χ0n) is 13.6. The van der Waals surface area contributed by atoms with Gasteiger partial charge in [-0.15, -0.1) is 10.2 Å². The molecule has 1 aliphatic rings. The Morgan fingerprint density at radius 1 is 1.52 bits per heavy atom. The number of likely N-dealkylation sites (N-methyl/N-ethyl adjacent to an activating group) is 1. The first-order valence-electron chi connectivity index (χ1n) is 7.72. The van der Waals surface area contributed by atoms with Gasteiger partial charge in [0.25, 0.3) is 0 Å². The monoisotopic (exact) mass is 315 g/mol. The number of benzene rings is 1. The van der Waals surface area contributed by atoms with Crippen molar-refractivity contribution in [3.8, 4) is 5.75 Å². The Labute approximate surface area is 135 Å². The molecule has 0 spiro atoms. The van der Waals surface area contributed by atoms with E-state index in [1.807, 2.05) is 32.2 Å². The molecule has 1 fully saturated rings. The summed E-state index contributed by atoms with van der Waals surface area (Å²) in [5.74, 6) is 2.04. The lowest BCUT2D eigenvalue weighted by Gasteiger charge is -2.20. The Morgan fingerprint density at radius 3 is 3.04 bits per heavy atom. The van der Waals surface area contributed by atoms with Gasteiger partial charge in [-0.2, -0.15) is 5.21 Å². The highest BCUT2D eigenvalue weighted by molar-refractivity contribution is 5.82. The van der Waals surface area contributed by atoms with Crippen LogP contribution in [-0.2, 0) is 4.79 Å². The summed E-state index contributed by atoms with van der Waals surface area (Å²) >= 11 is 0. The van der Waals surface area contributed by atoms with Crippen LogP contribution >= 0.6 is 0 Å². The summed E-state index contributed by atoms with van der Waals surface area (Å²) in [6.45, 7) is 2.57. The minimum atomic E-state index is 0.0525. The number of hydrogen-bond donors (Lipinski definition) is 1. The fourth-order valence-corrected chi connectivity index (χ4v) is 2.95. The van der Waals surface area contributed by atoms with E-state index in [-0.39, 0.29) is 17.7 Å². The van der Waals surface area contributed by atoms with Gasteiger partial charge in [-0.05, 0) is 30.0 Å². The number of aromatic amines is 1. The lowest BCUT2D eigenvalue weighted by Crippen LogP contribution is -2.32. The Morgan fingerprint density at radius 2 is 2.35 bits per heavy atom. The van der Waals surface area contributed by atoms with E-state index in [2.05, 4.69) is 26.7 Å². The number of aromatic nitrogens is 4. The second-order valence-electron chi connectivity index (χ2n) is 6.12. The predicted octanol–water partition coefficient (Wildman–Crippen LogP) is 1.57. The predicted molar refractivity (Wildman–Crippen MR) is 84.1 cm³/mol. The van der Waals surface area contributed by atoms with Gasteiger partial charge in [-0.25, -0.2) is 0 Å². The van der Waals surface area contributed by atoms with Crippen LogP contribution in [0.2, 0.25) is 0 Å². The van der Waals surface area contributed by atoms with Crippen molar-refractivity contribution >= 4 is 5.91 Å². The molecule has 3 atom stereocenters. The van der Waals surface area contributed by atoms with E-state index in [1.54, 1.807) is 12.0 Å². The van der Waals surface area contributed by atoms with E-state index in [4.69, 9.17) is 4.74 Å². The molecular formula is C16H21N5O2. The van der Waals surface area contributed by atoms with E-state index in [0.717, 1.165) is 12.2 Å². The van der Waals surface area contributed by atoms with Gasteiger partial charge in [-0.1, -0.05) is 24.3 Å². The van der Waals surface area contributed by atoms with Crippen LogP contribution < -0.4 is 4.74 Å². The molecule has 0 radical (unpaired) electrons. The molecule has 3 rings (SSSR count). The molecule has 1 saturated carbocycles. The van der Waals surface area contributed by atoms with Crippen LogP contribution in [-0.4, -0.2) is 52.1 Å². The Kier molecular flexibility index (Phi) is 4.27. The molecule has 122 valence electrons. The zero-order valence-corrected chi connectivity index (χ0v) is 13.6. The van der Waals surface area contributed by atoms with Gasteiger partial charge in [0, 0.05) is 25.4 Å². The molecule has 7 heteroatoms. The van der Waals surface area contributed by atoms with Gasteiger partial charge in [-0.3, -0.25) is 4.79 Å². The first-order valence-corrected chi connectivity index (χ1v) is 7.72. The molecule has 1 aliphatic carbocycles. The molecule has 23 heavy (non-hydrogen) atoms. The summed E-state index contributed by atoms with van der Waals surface area (Å²) < 4.78 is 5.25. The smallest absolute Gasteiger partial charge is 0.226 e.